The summed E-state index contributed by atoms with van der Waals surface area (Å²) >= 11 is 4.92. The lowest BCUT2D eigenvalue weighted by molar-refractivity contribution is 0.723. The van der Waals surface area contributed by atoms with Gasteiger partial charge < -0.3 is 5.73 Å². The van der Waals surface area contributed by atoms with Crippen molar-refractivity contribution in [1.29, 1.82) is 0 Å². The van der Waals surface area contributed by atoms with Gasteiger partial charge in [0.2, 0.25) is 0 Å². The average molecular weight is 205 g/mol. The molecule has 14 heavy (non-hydrogen) atoms. The van der Waals surface area contributed by atoms with E-state index in [2.05, 4.69) is 12.1 Å². The lowest BCUT2D eigenvalue weighted by atomic mass is 9.97. The van der Waals surface area contributed by atoms with Gasteiger partial charge in [-0.05, 0) is 24.3 Å². The van der Waals surface area contributed by atoms with Crippen molar-refractivity contribution in [2.75, 3.05) is 0 Å². The van der Waals surface area contributed by atoms with E-state index in [1.54, 1.807) is 0 Å². The Morgan fingerprint density at radius 1 is 1.14 bits per heavy atom. The van der Waals surface area contributed by atoms with Crippen molar-refractivity contribution in [2.45, 2.75) is 31.6 Å². The summed E-state index contributed by atoms with van der Waals surface area (Å²) in [5.74, 6) is 0.774. The molecule has 1 aromatic rings. The van der Waals surface area contributed by atoms with Crippen LogP contribution in [0.1, 0.15) is 42.7 Å². The Hall–Kier alpha value is -0.890. The van der Waals surface area contributed by atoms with E-state index in [0.717, 1.165) is 11.5 Å². The summed E-state index contributed by atoms with van der Waals surface area (Å²) in [7, 11) is 0. The molecule has 0 aliphatic heterocycles. The van der Waals surface area contributed by atoms with E-state index in [-0.39, 0.29) is 0 Å². The molecule has 0 radical (unpaired) electrons. The molecule has 1 saturated carbocycles. The zero-order chi connectivity index (χ0) is 9.97. The maximum Gasteiger partial charge on any atom is 0.103 e. The second-order valence-electron chi connectivity index (χ2n) is 3.97. The highest BCUT2D eigenvalue weighted by Crippen LogP contribution is 2.33. The first-order valence-electron chi connectivity index (χ1n) is 5.17. The van der Waals surface area contributed by atoms with E-state index < -0.39 is 0 Å². The fourth-order valence-corrected chi connectivity index (χ4v) is 2.31. The number of hydrogen-bond acceptors (Lipinski definition) is 1. The molecule has 2 heteroatoms. The van der Waals surface area contributed by atoms with Gasteiger partial charge >= 0.3 is 0 Å². The van der Waals surface area contributed by atoms with Crippen LogP contribution < -0.4 is 5.73 Å². The Kier molecular flexibility index (Phi) is 2.82. The number of benzene rings is 1. The lowest BCUT2D eigenvalue weighted by Gasteiger charge is -2.09. The number of thiocarbonyl (C=S) groups is 1. The van der Waals surface area contributed by atoms with Crippen LogP contribution in [-0.4, -0.2) is 4.99 Å². The molecule has 1 aliphatic rings. The largest absolute Gasteiger partial charge is 0.389 e. The first-order valence-corrected chi connectivity index (χ1v) is 5.58. The van der Waals surface area contributed by atoms with Crippen LogP contribution in [0.4, 0.5) is 0 Å². The van der Waals surface area contributed by atoms with Crippen molar-refractivity contribution in [1.82, 2.24) is 0 Å². The molecule has 2 N–H and O–H groups in total. The van der Waals surface area contributed by atoms with E-state index in [1.165, 1.54) is 31.2 Å². The van der Waals surface area contributed by atoms with Crippen LogP contribution in [0.5, 0.6) is 0 Å². The lowest BCUT2D eigenvalue weighted by Crippen LogP contribution is -2.09. The minimum absolute atomic E-state index is 0.489. The summed E-state index contributed by atoms with van der Waals surface area (Å²) in [5, 5.41) is 0. The van der Waals surface area contributed by atoms with Crippen LogP contribution >= 0.6 is 12.2 Å². The molecule has 1 aromatic carbocycles. The van der Waals surface area contributed by atoms with E-state index in [4.69, 9.17) is 18.0 Å². The fraction of sp³-hybridized carbons (Fsp3) is 0.417. The molecule has 0 heterocycles. The predicted molar refractivity (Wildman–Crippen MR) is 63.5 cm³/mol. The monoisotopic (exact) mass is 205 g/mol. The summed E-state index contributed by atoms with van der Waals surface area (Å²) in [6.45, 7) is 0. The Morgan fingerprint density at radius 3 is 2.21 bits per heavy atom. The molecule has 0 saturated heterocycles. The molecule has 1 aliphatic carbocycles. The molecule has 0 aromatic heterocycles. The summed E-state index contributed by atoms with van der Waals surface area (Å²) in [6, 6.07) is 8.42. The standard InChI is InChI=1S/C12H15NS/c13-12(14)11-7-5-10(6-8-11)9-3-1-2-4-9/h5-9H,1-4H2,(H2,13,14). The van der Waals surface area contributed by atoms with Crippen molar-refractivity contribution in [3.63, 3.8) is 0 Å². The Labute approximate surface area is 90.3 Å². The first kappa shape index (κ1) is 9.66. The molecular weight excluding hydrogens is 190 g/mol. The van der Waals surface area contributed by atoms with Crippen LogP contribution in [0.2, 0.25) is 0 Å². The smallest absolute Gasteiger partial charge is 0.103 e. The van der Waals surface area contributed by atoms with Crippen LogP contribution in [0.3, 0.4) is 0 Å². The maximum absolute atomic E-state index is 5.55. The molecule has 74 valence electrons. The van der Waals surface area contributed by atoms with E-state index in [9.17, 15) is 0 Å². The molecular formula is C12H15NS. The van der Waals surface area contributed by atoms with E-state index in [0.29, 0.717) is 4.99 Å². The quantitative estimate of drug-likeness (QED) is 0.751. The highest BCUT2D eigenvalue weighted by molar-refractivity contribution is 7.80. The van der Waals surface area contributed by atoms with Gasteiger partial charge in [0.05, 0.1) is 0 Å². The van der Waals surface area contributed by atoms with Gasteiger partial charge in [0.25, 0.3) is 0 Å². The molecule has 2 rings (SSSR count). The highest BCUT2D eigenvalue weighted by atomic mass is 32.1. The van der Waals surface area contributed by atoms with Gasteiger partial charge in [0.15, 0.2) is 0 Å². The van der Waals surface area contributed by atoms with Gasteiger partial charge in [-0.15, -0.1) is 0 Å². The highest BCUT2D eigenvalue weighted by Gasteiger charge is 2.16. The molecule has 0 spiro atoms. The van der Waals surface area contributed by atoms with Gasteiger partial charge in [0.1, 0.15) is 4.99 Å². The average Bonchev–Trinajstić information content (AvgIpc) is 2.71. The molecule has 0 unspecified atom stereocenters. The van der Waals surface area contributed by atoms with Crippen molar-refractivity contribution >= 4 is 17.2 Å². The minimum atomic E-state index is 0.489. The molecule has 1 fully saturated rings. The van der Waals surface area contributed by atoms with Crippen LogP contribution in [0.25, 0.3) is 0 Å². The number of nitrogens with two attached hydrogens (primary N) is 1. The summed E-state index contributed by atoms with van der Waals surface area (Å²) in [6.07, 6.45) is 5.43. The molecule has 1 nitrogen and oxygen atoms in total. The van der Waals surface area contributed by atoms with Gasteiger partial charge in [-0.3, -0.25) is 0 Å². The van der Waals surface area contributed by atoms with Crippen molar-refractivity contribution in [3.8, 4) is 0 Å². The maximum atomic E-state index is 5.55. The van der Waals surface area contributed by atoms with E-state index in [1.807, 2.05) is 12.1 Å². The van der Waals surface area contributed by atoms with Crippen molar-refractivity contribution in [2.24, 2.45) is 5.73 Å². The molecule has 0 amide bonds. The number of hydrogen-bond donors (Lipinski definition) is 1. The normalized spacial score (nSPS) is 17.1. The van der Waals surface area contributed by atoms with Crippen LogP contribution in [-0.2, 0) is 0 Å². The van der Waals surface area contributed by atoms with Gasteiger partial charge in [-0.25, -0.2) is 0 Å². The van der Waals surface area contributed by atoms with Crippen LogP contribution in [0, 0.1) is 0 Å². The molecule has 0 bridgehead atoms. The Morgan fingerprint density at radius 2 is 1.71 bits per heavy atom. The van der Waals surface area contributed by atoms with Gasteiger partial charge in [0, 0.05) is 5.56 Å². The second-order valence-corrected chi connectivity index (χ2v) is 4.41. The second kappa shape index (κ2) is 4.09. The van der Waals surface area contributed by atoms with Crippen molar-refractivity contribution in [3.05, 3.63) is 35.4 Å². The minimum Gasteiger partial charge on any atom is -0.389 e. The Balaban J connectivity index is 2.16. The Bertz CT molecular complexity index is 323. The fourth-order valence-electron chi connectivity index (χ4n) is 2.18. The predicted octanol–water partition coefficient (Wildman–Crippen LogP) is 2.98. The zero-order valence-electron chi connectivity index (χ0n) is 8.20. The third-order valence-corrected chi connectivity index (χ3v) is 3.26. The van der Waals surface area contributed by atoms with Gasteiger partial charge in [-0.1, -0.05) is 49.3 Å². The third kappa shape index (κ3) is 1.95. The zero-order valence-corrected chi connectivity index (χ0v) is 9.02. The SMILES string of the molecule is NC(=S)c1ccc(C2CCCC2)cc1. The van der Waals surface area contributed by atoms with Crippen LogP contribution in [0.15, 0.2) is 24.3 Å². The van der Waals surface area contributed by atoms with Gasteiger partial charge in [-0.2, -0.15) is 0 Å². The summed E-state index contributed by atoms with van der Waals surface area (Å²) in [4.78, 5) is 0.489. The first-order chi connectivity index (χ1) is 6.77. The third-order valence-electron chi connectivity index (χ3n) is 3.02. The summed E-state index contributed by atoms with van der Waals surface area (Å²) < 4.78 is 0. The van der Waals surface area contributed by atoms with E-state index >= 15 is 0 Å². The summed E-state index contributed by atoms with van der Waals surface area (Å²) in [5.41, 5.74) is 7.97. The molecule has 0 atom stereocenters. The topological polar surface area (TPSA) is 26.0 Å². The van der Waals surface area contributed by atoms with Crippen molar-refractivity contribution < 1.29 is 0 Å². The number of rotatable bonds is 2.